The van der Waals surface area contributed by atoms with Gasteiger partial charge in [0.15, 0.2) is 0 Å². The molecule has 0 saturated carbocycles. The Morgan fingerprint density at radius 1 is 0.870 bits per heavy atom. The molecule has 0 aliphatic rings. The van der Waals surface area contributed by atoms with Gasteiger partial charge in [-0.2, -0.15) is 0 Å². The van der Waals surface area contributed by atoms with Crippen LogP contribution in [0.25, 0.3) is 32.6 Å². The number of benzene rings is 3. The minimum absolute atomic E-state index is 0.672. The Labute approximate surface area is 133 Å². The minimum atomic E-state index is -3.43. The van der Waals surface area contributed by atoms with Crippen molar-refractivity contribution >= 4 is 42.6 Å². The van der Waals surface area contributed by atoms with Gasteiger partial charge in [0, 0.05) is 16.2 Å². The van der Waals surface area contributed by atoms with E-state index in [1.165, 1.54) is 10.2 Å². The molecule has 1 aromatic heterocycles. The highest BCUT2D eigenvalue weighted by Crippen LogP contribution is 2.39. The fourth-order valence-corrected chi connectivity index (χ4v) is 4.32. The van der Waals surface area contributed by atoms with Crippen LogP contribution in [0.15, 0.2) is 54.6 Å². The van der Waals surface area contributed by atoms with Crippen LogP contribution in [0.5, 0.6) is 5.75 Å². The first kappa shape index (κ1) is 14.1. The van der Waals surface area contributed by atoms with Crippen molar-refractivity contribution in [3.8, 4) is 5.75 Å². The van der Waals surface area contributed by atoms with Crippen molar-refractivity contribution < 1.29 is 13.2 Å². The molecular formula is C18H15NO3S. The maximum absolute atomic E-state index is 12.3. The average molecular weight is 325 g/mol. The van der Waals surface area contributed by atoms with Gasteiger partial charge in [-0.3, -0.25) is 0 Å². The van der Waals surface area contributed by atoms with Crippen LogP contribution in [0.1, 0.15) is 0 Å². The Balaban J connectivity index is 2.41. The van der Waals surface area contributed by atoms with Gasteiger partial charge in [0.2, 0.25) is 10.0 Å². The summed E-state index contributed by atoms with van der Waals surface area (Å²) in [5.41, 5.74) is 1.36. The second-order valence-corrected chi connectivity index (χ2v) is 7.39. The molecule has 0 N–H and O–H groups in total. The number of ether oxygens (including phenoxy) is 1. The van der Waals surface area contributed by atoms with Gasteiger partial charge in [-0.25, -0.2) is 12.4 Å². The van der Waals surface area contributed by atoms with Crippen molar-refractivity contribution in [2.75, 3.05) is 13.4 Å². The van der Waals surface area contributed by atoms with Gasteiger partial charge in [-0.05, 0) is 23.6 Å². The van der Waals surface area contributed by atoms with Gasteiger partial charge in [-0.15, -0.1) is 0 Å². The lowest BCUT2D eigenvalue weighted by Gasteiger charge is -2.08. The molecule has 0 atom stereocenters. The topological polar surface area (TPSA) is 48.3 Å². The van der Waals surface area contributed by atoms with E-state index in [1.54, 1.807) is 7.11 Å². The number of methoxy groups -OCH3 is 1. The van der Waals surface area contributed by atoms with Crippen molar-refractivity contribution in [3.63, 3.8) is 0 Å². The fraction of sp³-hybridized carbons (Fsp3) is 0.111. The monoisotopic (exact) mass is 325 g/mol. The number of hydrogen-bond acceptors (Lipinski definition) is 3. The predicted octanol–water partition coefficient (Wildman–Crippen LogP) is 3.76. The van der Waals surface area contributed by atoms with Crippen LogP contribution in [-0.2, 0) is 10.0 Å². The number of rotatable bonds is 2. The maximum atomic E-state index is 12.3. The minimum Gasteiger partial charge on any atom is -0.496 e. The highest BCUT2D eigenvalue weighted by atomic mass is 32.2. The summed E-state index contributed by atoms with van der Waals surface area (Å²) in [6.45, 7) is 0. The van der Waals surface area contributed by atoms with Crippen molar-refractivity contribution in [3.05, 3.63) is 54.6 Å². The summed E-state index contributed by atoms with van der Waals surface area (Å²) < 4.78 is 31.6. The summed E-state index contributed by atoms with van der Waals surface area (Å²) in [5.74, 6) is 0.740. The summed E-state index contributed by atoms with van der Waals surface area (Å²) >= 11 is 0. The molecule has 4 nitrogen and oxygen atoms in total. The van der Waals surface area contributed by atoms with Crippen molar-refractivity contribution in [2.45, 2.75) is 0 Å². The molecule has 0 bridgehead atoms. The first-order valence-electron chi connectivity index (χ1n) is 7.22. The third kappa shape index (κ3) is 1.93. The Hall–Kier alpha value is -2.53. The zero-order chi connectivity index (χ0) is 16.2. The smallest absolute Gasteiger partial charge is 0.236 e. The van der Waals surface area contributed by atoms with E-state index in [0.29, 0.717) is 11.0 Å². The quantitative estimate of drug-likeness (QED) is 0.564. The molecule has 3 aromatic carbocycles. The van der Waals surface area contributed by atoms with E-state index in [4.69, 9.17) is 4.74 Å². The largest absolute Gasteiger partial charge is 0.496 e. The summed E-state index contributed by atoms with van der Waals surface area (Å²) in [5, 5.41) is 3.77. The van der Waals surface area contributed by atoms with E-state index in [0.717, 1.165) is 27.3 Å². The van der Waals surface area contributed by atoms with Crippen LogP contribution in [0.4, 0.5) is 0 Å². The van der Waals surface area contributed by atoms with E-state index < -0.39 is 10.0 Å². The van der Waals surface area contributed by atoms with Crippen LogP contribution in [0, 0.1) is 0 Å². The number of hydrogen-bond donors (Lipinski definition) is 0. The standard InChI is InChI=1S/C18H15NO3S/c1-22-16-9-5-6-12-10-11-15-18(17(12)16)13-7-3-4-8-14(13)19(15)23(2,20)21/h3-11H,1-2H3. The summed E-state index contributed by atoms with van der Waals surface area (Å²) in [6.07, 6.45) is 1.23. The van der Waals surface area contributed by atoms with Crippen LogP contribution >= 0.6 is 0 Å². The lowest BCUT2D eigenvalue weighted by atomic mass is 10.0. The second-order valence-electron chi connectivity index (χ2n) is 5.56. The van der Waals surface area contributed by atoms with Crippen molar-refractivity contribution in [1.82, 2.24) is 3.97 Å². The number of aromatic nitrogens is 1. The molecule has 0 fully saturated rings. The second kappa shape index (κ2) is 4.73. The zero-order valence-electron chi connectivity index (χ0n) is 12.8. The third-order valence-corrected chi connectivity index (χ3v) is 5.20. The fourth-order valence-electron chi connectivity index (χ4n) is 3.30. The van der Waals surface area contributed by atoms with E-state index in [2.05, 4.69) is 0 Å². The SMILES string of the molecule is COc1cccc2ccc3c(c4ccccc4n3S(C)(=O)=O)c12. The van der Waals surface area contributed by atoms with Crippen LogP contribution in [0.2, 0.25) is 0 Å². The normalized spacial score (nSPS) is 12.3. The van der Waals surface area contributed by atoms with E-state index in [-0.39, 0.29) is 0 Å². The highest BCUT2D eigenvalue weighted by Gasteiger charge is 2.19. The lowest BCUT2D eigenvalue weighted by molar-refractivity contribution is 0.420. The van der Waals surface area contributed by atoms with Crippen LogP contribution in [-0.4, -0.2) is 25.8 Å². The molecule has 4 rings (SSSR count). The van der Waals surface area contributed by atoms with Crippen molar-refractivity contribution in [1.29, 1.82) is 0 Å². The Morgan fingerprint density at radius 3 is 2.39 bits per heavy atom. The van der Waals surface area contributed by atoms with Gasteiger partial charge in [0.05, 0.1) is 24.4 Å². The first-order valence-corrected chi connectivity index (χ1v) is 9.06. The molecule has 0 unspecified atom stereocenters. The van der Waals surface area contributed by atoms with E-state index >= 15 is 0 Å². The third-order valence-electron chi connectivity index (χ3n) is 4.15. The van der Waals surface area contributed by atoms with Gasteiger partial charge in [0.1, 0.15) is 5.75 Å². The molecule has 5 heteroatoms. The molecule has 1 heterocycles. The van der Waals surface area contributed by atoms with Gasteiger partial charge < -0.3 is 4.74 Å². The zero-order valence-corrected chi connectivity index (χ0v) is 13.6. The van der Waals surface area contributed by atoms with E-state index in [1.807, 2.05) is 54.6 Å². The van der Waals surface area contributed by atoms with Gasteiger partial charge in [0.25, 0.3) is 0 Å². The van der Waals surface area contributed by atoms with E-state index in [9.17, 15) is 8.42 Å². The van der Waals surface area contributed by atoms with Crippen LogP contribution in [0.3, 0.4) is 0 Å². The molecule has 23 heavy (non-hydrogen) atoms. The average Bonchev–Trinajstić information content (AvgIpc) is 2.88. The number of fused-ring (bicyclic) bond motifs is 5. The highest BCUT2D eigenvalue weighted by molar-refractivity contribution is 7.89. The Morgan fingerprint density at radius 2 is 1.65 bits per heavy atom. The Kier molecular flexibility index (Phi) is 2.90. The number of para-hydroxylation sites is 1. The summed E-state index contributed by atoms with van der Waals surface area (Å²) in [4.78, 5) is 0. The molecule has 0 saturated heterocycles. The molecular weight excluding hydrogens is 310 g/mol. The van der Waals surface area contributed by atoms with Crippen molar-refractivity contribution in [2.24, 2.45) is 0 Å². The molecule has 116 valence electrons. The Bertz CT molecular complexity index is 1170. The van der Waals surface area contributed by atoms with Gasteiger partial charge in [-0.1, -0.05) is 36.4 Å². The summed E-state index contributed by atoms with van der Waals surface area (Å²) in [6, 6.07) is 17.2. The molecule has 0 amide bonds. The lowest BCUT2D eigenvalue weighted by Crippen LogP contribution is -2.09. The van der Waals surface area contributed by atoms with Crippen LogP contribution < -0.4 is 4.74 Å². The maximum Gasteiger partial charge on any atom is 0.236 e. The first-order chi connectivity index (χ1) is 11.0. The predicted molar refractivity (Wildman–Crippen MR) is 93.7 cm³/mol. The molecule has 0 spiro atoms. The summed E-state index contributed by atoms with van der Waals surface area (Å²) in [7, 11) is -1.80. The molecule has 4 aromatic rings. The molecule has 0 radical (unpaired) electrons. The molecule has 0 aliphatic carbocycles. The number of nitrogens with zero attached hydrogens (tertiary/aromatic N) is 1. The molecule has 0 aliphatic heterocycles. The van der Waals surface area contributed by atoms with Gasteiger partial charge >= 0.3 is 0 Å².